The largest absolute Gasteiger partial charge is 0.456 e. The number of para-hydroxylation sites is 1. The first-order chi connectivity index (χ1) is 27.7. The summed E-state index contributed by atoms with van der Waals surface area (Å²) in [5.41, 5.74) is 16.9. The molecule has 0 aliphatic carbocycles. The Hall–Kier alpha value is -7.42. The van der Waals surface area contributed by atoms with Crippen LogP contribution in [0.3, 0.4) is 0 Å². The molecular formula is C54H37NO. The van der Waals surface area contributed by atoms with E-state index in [1.54, 1.807) is 0 Å². The summed E-state index contributed by atoms with van der Waals surface area (Å²) in [5.74, 6) is 0. The fourth-order valence-electron chi connectivity index (χ4n) is 7.86. The second-order valence-corrected chi connectivity index (χ2v) is 14.1. The predicted octanol–water partition coefficient (Wildman–Crippen LogP) is 15.4. The molecule has 0 saturated carbocycles. The summed E-state index contributed by atoms with van der Waals surface area (Å²) < 4.78 is 6.20. The number of benzene rings is 9. The van der Waals surface area contributed by atoms with Gasteiger partial charge in [-0.2, -0.15) is 0 Å². The molecule has 0 N–H and O–H groups in total. The van der Waals surface area contributed by atoms with Crippen molar-refractivity contribution in [3.8, 4) is 55.6 Å². The number of furan rings is 1. The SMILES string of the molecule is c1ccc(-c2ccc(N(c3ccc(-c4ccc(-c5ccccc5)c(-c5ccc6oc7ccccc7c6c5)c4)cc3)c3cccc(-c4ccccc4)c3)cc2)cc1. The Morgan fingerprint density at radius 3 is 1.41 bits per heavy atom. The number of hydrogen-bond acceptors (Lipinski definition) is 2. The van der Waals surface area contributed by atoms with E-state index in [4.69, 9.17) is 4.42 Å². The number of fused-ring (bicyclic) bond motifs is 3. The molecule has 0 bridgehead atoms. The second kappa shape index (κ2) is 14.4. The van der Waals surface area contributed by atoms with Crippen LogP contribution in [0.5, 0.6) is 0 Å². The maximum atomic E-state index is 6.20. The third-order valence-corrected chi connectivity index (χ3v) is 10.7. The van der Waals surface area contributed by atoms with Gasteiger partial charge in [0.05, 0.1) is 0 Å². The standard InChI is InChI=1S/C54H37NO/c1-4-13-38(14-5-1)40-23-29-46(30-24-40)55(48-20-12-19-43(35-48)39-15-6-2-7-16-39)47-31-25-41(26-32-47)44-27-33-49(42-17-8-3-9-18-42)51(36-44)45-28-34-54-52(37-45)50-21-10-11-22-53(50)56-54/h1-37H. The Morgan fingerprint density at radius 2 is 0.732 bits per heavy atom. The van der Waals surface area contributed by atoms with Crippen molar-refractivity contribution in [3.05, 3.63) is 224 Å². The van der Waals surface area contributed by atoms with Crippen molar-refractivity contribution in [2.24, 2.45) is 0 Å². The zero-order valence-corrected chi connectivity index (χ0v) is 30.7. The minimum absolute atomic E-state index is 0.900. The van der Waals surface area contributed by atoms with Gasteiger partial charge in [0.15, 0.2) is 0 Å². The van der Waals surface area contributed by atoms with Crippen LogP contribution >= 0.6 is 0 Å². The number of anilines is 3. The Bertz CT molecular complexity index is 2930. The number of nitrogens with zero attached hydrogens (tertiary/aromatic N) is 1. The normalized spacial score (nSPS) is 11.2. The van der Waals surface area contributed by atoms with Crippen molar-refractivity contribution in [1.82, 2.24) is 0 Å². The van der Waals surface area contributed by atoms with Crippen molar-refractivity contribution in [2.75, 3.05) is 4.90 Å². The van der Waals surface area contributed by atoms with E-state index in [0.29, 0.717) is 0 Å². The lowest BCUT2D eigenvalue weighted by molar-refractivity contribution is 0.669. The third kappa shape index (κ3) is 6.34. The van der Waals surface area contributed by atoms with Crippen LogP contribution in [0.2, 0.25) is 0 Å². The van der Waals surface area contributed by atoms with E-state index in [0.717, 1.165) is 55.7 Å². The van der Waals surface area contributed by atoms with Gasteiger partial charge in [-0.15, -0.1) is 0 Å². The fraction of sp³-hybridized carbons (Fsp3) is 0. The molecule has 1 heterocycles. The van der Waals surface area contributed by atoms with Crippen molar-refractivity contribution in [1.29, 1.82) is 0 Å². The first-order valence-corrected chi connectivity index (χ1v) is 19.1. The average Bonchev–Trinajstić information content (AvgIpc) is 3.66. The van der Waals surface area contributed by atoms with Crippen LogP contribution in [-0.2, 0) is 0 Å². The lowest BCUT2D eigenvalue weighted by Gasteiger charge is -2.26. The van der Waals surface area contributed by atoms with Crippen LogP contribution in [0.4, 0.5) is 17.1 Å². The molecule has 10 rings (SSSR count). The van der Waals surface area contributed by atoms with Gasteiger partial charge in [-0.25, -0.2) is 0 Å². The third-order valence-electron chi connectivity index (χ3n) is 10.7. The molecule has 10 aromatic rings. The molecule has 0 spiro atoms. The summed E-state index contributed by atoms with van der Waals surface area (Å²) in [5, 5.41) is 2.26. The molecule has 264 valence electrons. The average molecular weight is 716 g/mol. The van der Waals surface area contributed by atoms with Crippen LogP contribution in [0, 0.1) is 0 Å². The minimum atomic E-state index is 0.900. The number of rotatable bonds is 8. The molecule has 56 heavy (non-hydrogen) atoms. The fourth-order valence-corrected chi connectivity index (χ4v) is 7.86. The van der Waals surface area contributed by atoms with E-state index in [9.17, 15) is 0 Å². The molecule has 0 radical (unpaired) electrons. The Kier molecular flexibility index (Phi) is 8.55. The van der Waals surface area contributed by atoms with Crippen LogP contribution in [0.15, 0.2) is 229 Å². The molecule has 0 aliphatic heterocycles. The van der Waals surface area contributed by atoms with E-state index < -0.39 is 0 Å². The zero-order valence-electron chi connectivity index (χ0n) is 30.7. The highest BCUT2D eigenvalue weighted by Crippen LogP contribution is 2.41. The molecule has 0 aliphatic rings. The van der Waals surface area contributed by atoms with Crippen molar-refractivity contribution in [2.45, 2.75) is 0 Å². The first kappa shape index (κ1) is 33.2. The topological polar surface area (TPSA) is 16.4 Å². The minimum Gasteiger partial charge on any atom is -0.456 e. The first-order valence-electron chi connectivity index (χ1n) is 19.1. The van der Waals surface area contributed by atoms with Crippen LogP contribution in [0.25, 0.3) is 77.6 Å². The van der Waals surface area contributed by atoms with Gasteiger partial charge in [0.1, 0.15) is 11.2 Å². The van der Waals surface area contributed by atoms with Gasteiger partial charge in [0.2, 0.25) is 0 Å². The van der Waals surface area contributed by atoms with Gasteiger partial charge >= 0.3 is 0 Å². The molecule has 9 aromatic carbocycles. The van der Waals surface area contributed by atoms with E-state index in [-0.39, 0.29) is 0 Å². The lowest BCUT2D eigenvalue weighted by atomic mass is 9.90. The molecule has 0 amide bonds. The van der Waals surface area contributed by atoms with Crippen molar-refractivity contribution in [3.63, 3.8) is 0 Å². The van der Waals surface area contributed by atoms with Gasteiger partial charge in [-0.3, -0.25) is 0 Å². The van der Waals surface area contributed by atoms with Gasteiger partial charge in [-0.1, -0.05) is 164 Å². The summed E-state index contributed by atoms with van der Waals surface area (Å²) >= 11 is 0. The summed E-state index contributed by atoms with van der Waals surface area (Å²) in [6.45, 7) is 0. The van der Waals surface area contributed by atoms with Gasteiger partial charge in [0, 0.05) is 27.8 Å². The molecule has 0 fully saturated rings. The van der Waals surface area contributed by atoms with E-state index in [2.05, 4.69) is 217 Å². The molecule has 0 atom stereocenters. The van der Waals surface area contributed by atoms with E-state index >= 15 is 0 Å². The summed E-state index contributed by atoms with van der Waals surface area (Å²) in [6.07, 6.45) is 0. The molecule has 2 nitrogen and oxygen atoms in total. The second-order valence-electron chi connectivity index (χ2n) is 14.1. The predicted molar refractivity (Wildman–Crippen MR) is 236 cm³/mol. The smallest absolute Gasteiger partial charge is 0.135 e. The lowest BCUT2D eigenvalue weighted by Crippen LogP contribution is -2.10. The number of hydrogen-bond donors (Lipinski definition) is 0. The molecule has 0 unspecified atom stereocenters. The van der Waals surface area contributed by atoms with Gasteiger partial charge in [-0.05, 0) is 116 Å². The molecule has 1 aromatic heterocycles. The highest BCUT2D eigenvalue weighted by Gasteiger charge is 2.16. The van der Waals surface area contributed by atoms with Gasteiger partial charge in [0.25, 0.3) is 0 Å². The highest BCUT2D eigenvalue weighted by atomic mass is 16.3. The van der Waals surface area contributed by atoms with Crippen molar-refractivity contribution < 1.29 is 4.42 Å². The summed E-state index contributed by atoms with van der Waals surface area (Å²) in [6, 6.07) is 80.1. The quantitative estimate of drug-likeness (QED) is 0.156. The summed E-state index contributed by atoms with van der Waals surface area (Å²) in [7, 11) is 0. The van der Waals surface area contributed by atoms with Crippen LogP contribution in [-0.4, -0.2) is 0 Å². The zero-order chi connectivity index (χ0) is 37.3. The maximum Gasteiger partial charge on any atom is 0.135 e. The molecule has 0 saturated heterocycles. The van der Waals surface area contributed by atoms with E-state index in [1.165, 1.54) is 38.9 Å². The molecule has 2 heteroatoms. The highest BCUT2D eigenvalue weighted by molar-refractivity contribution is 6.07. The van der Waals surface area contributed by atoms with Crippen LogP contribution in [0.1, 0.15) is 0 Å². The Labute approximate surface area is 327 Å². The molecular weight excluding hydrogens is 679 g/mol. The monoisotopic (exact) mass is 715 g/mol. The van der Waals surface area contributed by atoms with Crippen molar-refractivity contribution >= 4 is 39.0 Å². The Balaban J connectivity index is 1.06. The maximum absolute atomic E-state index is 6.20. The van der Waals surface area contributed by atoms with E-state index in [1.807, 2.05) is 12.1 Å². The summed E-state index contributed by atoms with van der Waals surface area (Å²) in [4.78, 5) is 2.35. The Morgan fingerprint density at radius 1 is 0.250 bits per heavy atom. The van der Waals surface area contributed by atoms with Crippen LogP contribution < -0.4 is 4.90 Å². The van der Waals surface area contributed by atoms with Gasteiger partial charge < -0.3 is 9.32 Å².